The Morgan fingerprint density at radius 2 is 1.12 bits per heavy atom. The molecule has 120 valence electrons. The number of carbonyl (C=O) groups excluding carboxylic acids is 7. The minimum atomic E-state index is -2.30. The molecule has 0 bridgehead atoms. The van der Waals surface area contributed by atoms with Crippen LogP contribution in [0.5, 0.6) is 0 Å². The molecule has 1 heterocycles. The molecular formula is C14H5NO9. The zero-order valence-corrected chi connectivity index (χ0v) is 11.5. The fourth-order valence-electron chi connectivity index (χ4n) is 1.88. The zero-order valence-electron chi connectivity index (χ0n) is 11.5. The first kappa shape index (κ1) is 16.5. The lowest BCUT2D eigenvalue weighted by Gasteiger charge is -2.09. The van der Waals surface area contributed by atoms with Gasteiger partial charge in [-0.15, -0.1) is 0 Å². The summed E-state index contributed by atoms with van der Waals surface area (Å²) in [5, 5.41) is 8.30. The standard InChI is InChI=1S/C14H5NO9/c16-7(8(17)10(19)14(23)24)9(18)13(22)15-11(20)5-3-1-2-4-6(5)12(15)21/h1-4H,(H,23,24). The largest absolute Gasteiger partial charge is 0.475 e. The van der Waals surface area contributed by atoms with Crippen LogP contribution in [-0.2, 0) is 28.8 Å². The molecule has 2 rings (SSSR count). The Hall–Kier alpha value is -3.82. The molecule has 1 aliphatic rings. The Kier molecular flexibility index (Phi) is 3.97. The number of carboxylic acid groups (broad SMARTS) is 1. The van der Waals surface area contributed by atoms with E-state index >= 15 is 0 Å². The number of carboxylic acids is 1. The van der Waals surface area contributed by atoms with Gasteiger partial charge in [0.05, 0.1) is 11.1 Å². The third-order valence-corrected chi connectivity index (χ3v) is 3.00. The first-order chi connectivity index (χ1) is 11.2. The van der Waals surface area contributed by atoms with Crippen LogP contribution in [0.3, 0.4) is 0 Å². The van der Waals surface area contributed by atoms with Crippen LogP contribution in [-0.4, -0.2) is 56.8 Å². The van der Waals surface area contributed by atoms with Crippen molar-refractivity contribution in [3.8, 4) is 0 Å². The quantitative estimate of drug-likeness (QED) is 0.372. The lowest BCUT2D eigenvalue weighted by molar-refractivity contribution is -0.157. The highest BCUT2D eigenvalue weighted by Gasteiger charge is 2.46. The molecule has 0 aromatic heterocycles. The third kappa shape index (κ3) is 2.41. The van der Waals surface area contributed by atoms with E-state index in [9.17, 15) is 38.4 Å². The van der Waals surface area contributed by atoms with Crippen LogP contribution in [0.4, 0.5) is 0 Å². The first-order valence-corrected chi connectivity index (χ1v) is 6.10. The highest BCUT2D eigenvalue weighted by molar-refractivity contribution is 6.91. The monoisotopic (exact) mass is 331 g/mol. The summed E-state index contributed by atoms with van der Waals surface area (Å²) in [4.78, 5) is 91.1. The van der Waals surface area contributed by atoms with Gasteiger partial charge in [-0.2, -0.15) is 0 Å². The Morgan fingerprint density at radius 3 is 1.54 bits per heavy atom. The highest BCUT2D eigenvalue weighted by atomic mass is 16.4. The van der Waals surface area contributed by atoms with Gasteiger partial charge < -0.3 is 5.11 Å². The molecule has 3 amide bonds. The molecule has 0 spiro atoms. The third-order valence-electron chi connectivity index (χ3n) is 3.00. The van der Waals surface area contributed by atoms with Gasteiger partial charge in [0, 0.05) is 0 Å². The first-order valence-electron chi connectivity index (χ1n) is 6.10. The van der Waals surface area contributed by atoms with E-state index in [2.05, 4.69) is 0 Å². The number of amides is 3. The van der Waals surface area contributed by atoms with Gasteiger partial charge in [0.2, 0.25) is 0 Å². The Balaban J connectivity index is 2.29. The molecule has 1 aromatic carbocycles. The molecule has 0 fully saturated rings. The molecule has 10 heteroatoms. The number of carbonyl (C=O) groups is 8. The second-order valence-electron chi connectivity index (χ2n) is 4.42. The number of ketones is 4. The molecule has 1 aliphatic heterocycles. The van der Waals surface area contributed by atoms with Crippen molar-refractivity contribution in [1.82, 2.24) is 4.90 Å². The van der Waals surface area contributed by atoms with Crippen molar-refractivity contribution >= 4 is 46.8 Å². The van der Waals surface area contributed by atoms with Crippen LogP contribution >= 0.6 is 0 Å². The maximum atomic E-state index is 12.0. The summed E-state index contributed by atoms with van der Waals surface area (Å²) in [7, 11) is 0. The molecule has 24 heavy (non-hydrogen) atoms. The molecular weight excluding hydrogens is 326 g/mol. The summed E-state index contributed by atoms with van der Waals surface area (Å²) in [6.45, 7) is 0. The Morgan fingerprint density at radius 1 is 0.708 bits per heavy atom. The van der Waals surface area contributed by atoms with Gasteiger partial charge in [-0.05, 0) is 12.1 Å². The van der Waals surface area contributed by atoms with Crippen molar-refractivity contribution in [3.05, 3.63) is 35.4 Å². The van der Waals surface area contributed by atoms with Crippen molar-refractivity contribution in [2.45, 2.75) is 0 Å². The molecule has 10 nitrogen and oxygen atoms in total. The predicted molar refractivity (Wildman–Crippen MR) is 69.6 cm³/mol. The van der Waals surface area contributed by atoms with Gasteiger partial charge in [-0.3, -0.25) is 33.6 Å². The SMILES string of the molecule is O=C(O)C(=O)C(=O)C(=O)C(=O)C(=O)N1C(=O)c2ccccc2C1=O. The van der Waals surface area contributed by atoms with Gasteiger partial charge in [0.25, 0.3) is 29.2 Å². The predicted octanol–water partition coefficient (Wildman–Crippen LogP) is -1.83. The van der Waals surface area contributed by atoms with Crippen molar-refractivity contribution < 1.29 is 43.5 Å². The number of fused-ring (bicyclic) bond motifs is 1. The smallest absolute Gasteiger partial charge is 0.380 e. The maximum Gasteiger partial charge on any atom is 0.380 e. The molecule has 0 unspecified atom stereocenters. The summed E-state index contributed by atoms with van der Waals surface area (Å²) in [5.74, 6) is -15.5. The number of rotatable bonds is 5. The van der Waals surface area contributed by atoms with Gasteiger partial charge in [-0.1, -0.05) is 12.1 Å². The van der Waals surface area contributed by atoms with Crippen LogP contribution in [0.15, 0.2) is 24.3 Å². The minimum absolute atomic E-state index is 0.149. The van der Waals surface area contributed by atoms with Crippen LogP contribution in [0.1, 0.15) is 20.7 Å². The average molecular weight is 331 g/mol. The normalized spacial score (nSPS) is 12.6. The molecule has 1 aromatic rings. The van der Waals surface area contributed by atoms with Gasteiger partial charge in [-0.25, -0.2) is 9.69 Å². The fourth-order valence-corrected chi connectivity index (χ4v) is 1.88. The lowest BCUT2D eigenvalue weighted by atomic mass is 10.1. The second-order valence-corrected chi connectivity index (χ2v) is 4.42. The van der Waals surface area contributed by atoms with Crippen LogP contribution in [0, 0.1) is 0 Å². The minimum Gasteiger partial charge on any atom is -0.475 e. The average Bonchev–Trinajstić information content (AvgIpc) is 2.83. The molecule has 0 aliphatic carbocycles. The van der Waals surface area contributed by atoms with Crippen molar-refractivity contribution in [2.75, 3.05) is 0 Å². The number of benzene rings is 1. The lowest BCUT2D eigenvalue weighted by Crippen LogP contribution is -2.46. The van der Waals surface area contributed by atoms with Crippen LogP contribution < -0.4 is 0 Å². The second kappa shape index (κ2) is 5.76. The number of imide groups is 3. The van der Waals surface area contributed by atoms with E-state index in [0.29, 0.717) is 0 Å². The van der Waals surface area contributed by atoms with E-state index in [1.807, 2.05) is 0 Å². The summed E-state index contributed by atoms with van der Waals surface area (Å²) in [5.41, 5.74) is -0.381. The summed E-state index contributed by atoms with van der Waals surface area (Å²) < 4.78 is 0. The van der Waals surface area contributed by atoms with E-state index in [4.69, 9.17) is 5.11 Å². The molecule has 0 atom stereocenters. The van der Waals surface area contributed by atoms with Crippen LogP contribution in [0.2, 0.25) is 0 Å². The van der Waals surface area contributed by atoms with Gasteiger partial charge >= 0.3 is 17.7 Å². The number of hydrogen-bond donors (Lipinski definition) is 1. The summed E-state index contributed by atoms with van der Waals surface area (Å²) >= 11 is 0. The number of aliphatic carboxylic acids is 1. The zero-order chi connectivity index (χ0) is 18.2. The van der Waals surface area contributed by atoms with Crippen LogP contribution in [0.25, 0.3) is 0 Å². The summed E-state index contributed by atoms with van der Waals surface area (Å²) in [6, 6.07) is 5.18. The molecule has 0 saturated carbocycles. The van der Waals surface area contributed by atoms with Crippen molar-refractivity contribution in [2.24, 2.45) is 0 Å². The van der Waals surface area contributed by atoms with E-state index in [-0.39, 0.29) is 16.0 Å². The van der Waals surface area contributed by atoms with E-state index in [1.54, 1.807) is 0 Å². The number of Topliss-reactive ketones (excluding diaryl/α,β-unsaturated/α-hetero) is 4. The fraction of sp³-hybridized carbons (Fsp3) is 0. The number of hydrogen-bond acceptors (Lipinski definition) is 8. The Bertz CT molecular complexity index is 845. The topological polar surface area (TPSA) is 160 Å². The van der Waals surface area contributed by atoms with Gasteiger partial charge in [0.1, 0.15) is 0 Å². The van der Waals surface area contributed by atoms with Crippen molar-refractivity contribution in [1.29, 1.82) is 0 Å². The maximum absolute atomic E-state index is 12.0. The van der Waals surface area contributed by atoms with E-state index < -0.39 is 46.8 Å². The molecule has 0 saturated heterocycles. The van der Waals surface area contributed by atoms with E-state index in [0.717, 1.165) is 0 Å². The van der Waals surface area contributed by atoms with Gasteiger partial charge in [0.15, 0.2) is 0 Å². The van der Waals surface area contributed by atoms with Crippen molar-refractivity contribution in [3.63, 3.8) is 0 Å². The summed E-state index contributed by atoms with van der Waals surface area (Å²) in [6.07, 6.45) is 0. The number of nitrogens with zero attached hydrogens (tertiary/aromatic N) is 1. The Labute approximate surface area is 131 Å². The highest BCUT2D eigenvalue weighted by Crippen LogP contribution is 2.22. The molecule has 0 radical (unpaired) electrons. The molecule has 1 N–H and O–H groups in total. The van der Waals surface area contributed by atoms with E-state index in [1.165, 1.54) is 24.3 Å².